The summed E-state index contributed by atoms with van der Waals surface area (Å²) in [5.41, 5.74) is 2.29. The summed E-state index contributed by atoms with van der Waals surface area (Å²) in [6, 6.07) is 9.43. The van der Waals surface area contributed by atoms with E-state index in [-0.39, 0.29) is 12.2 Å². The molecule has 0 aliphatic carbocycles. The normalized spacial score (nSPS) is 17.6. The third kappa shape index (κ3) is 2.29. The van der Waals surface area contributed by atoms with Gasteiger partial charge >= 0.3 is 0 Å². The summed E-state index contributed by atoms with van der Waals surface area (Å²) in [6.07, 6.45) is -0.143. The number of fused-ring (bicyclic) bond motifs is 1. The van der Waals surface area contributed by atoms with Gasteiger partial charge in [-0.15, -0.1) is 0 Å². The largest absolute Gasteiger partial charge is 0.484 e. The summed E-state index contributed by atoms with van der Waals surface area (Å²) < 4.78 is 19.1. The van der Waals surface area contributed by atoms with E-state index < -0.39 is 11.9 Å². The standard InChI is InChI=1S/C16H12ClFO2/c1-9-6-10(17)2-4-12(9)16-8-14(19)13-5-3-11(18)7-15(13)20-16/h2-7,16H,8H2,1H3. The Bertz CT molecular complexity index is 697. The molecule has 0 N–H and O–H groups in total. The van der Waals surface area contributed by atoms with Crippen molar-refractivity contribution in [3.05, 3.63) is 63.9 Å². The second-order valence-corrected chi connectivity index (χ2v) is 5.31. The fourth-order valence-electron chi connectivity index (χ4n) is 2.47. The van der Waals surface area contributed by atoms with Crippen LogP contribution in [0, 0.1) is 12.7 Å². The van der Waals surface area contributed by atoms with Crippen LogP contribution in [0.4, 0.5) is 4.39 Å². The third-order valence-corrected chi connectivity index (χ3v) is 3.70. The Morgan fingerprint density at radius 1 is 1.25 bits per heavy atom. The maximum Gasteiger partial charge on any atom is 0.170 e. The van der Waals surface area contributed by atoms with Gasteiger partial charge in [-0.25, -0.2) is 4.39 Å². The van der Waals surface area contributed by atoms with E-state index in [1.54, 1.807) is 6.07 Å². The number of hydrogen-bond acceptors (Lipinski definition) is 2. The van der Waals surface area contributed by atoms with Gasteiger partial charge in [0.2, 0.25) is 0 Å². The van der Waals surface area contributed by atoms with Crippen LogP contribution in [0.2, 0.25) is 5.02 Å². The molecule has 4 heteroatoms. The molecule has 20 heavy (non-hydrogen) atoms. The van der Waals surface area contributed by atoms with Crippen LogP contribution in [-0.2, 0) is 0 Å². The number of Topliss-reactive ketones (excluding diaryl/α,β-unsaturated/α-hetero) is 1. The van der Waals surface area contributed by atoms with Crippen LogP contribution in [0.25, 0.3) is 0 Å². The van der Waals surface area contributed by atoms with Gasteiger partial charge < -0.3 is 4.74 Å². The molecule has 2 aromatic carbocycles. The average molecular weight is 291 g/mol. The van der Waals surface area contributed by atoms with Crippen molar-refractivity contribution in [1.82, 2.24) is 0 Å². The van der Waals surface area contributed by atoms with Gasteiger partial charge in [0.05, 0.1) is 12.0 Å². The number of carbonyl (C=O) groups is 1. The molecule has 0 saturated heterocycles. The van der Waals surface area contributed by atoms with E-state index in [0.717, 1.165) is 11.1 Å². The highest BCUT2D eigenvalue weighted by molar-refractivity contribution is 6.30. The lowest BCUT2D eigenvalue weighted by atomic mass is 9.94. The van der Waals surface area contributed by atoms with Gasteiger partial charge in [-0.05, 0) is 42.3 Å². The molecule has 1 heterocycles. The van der Waals surface area contributed by atoms with E-state index in [1.165, 1.54) is 18.2 Å². The number of benzene rings is 2. The molecule has 1 unspecified atom stereocenters. The number of ketones is 1. The lowest BCUT2D eigenvalue weighted by Gasteiger charge is -2.26. The molecule has 3 rings (SSSR count). The summed E-state index contributed by atoms with van der Waals surface area (Å²) in [4.78, 5) is 12.1. The predicted molar refractivity (Wildman–Crippen MR) is 74.9 cm³/mol. The number of ether oxygens (including phenoxy) is 1. The molecule has 1 aliphatic rings. The molecule has 0 spiro atoms. The Balaban J connectivity index is 2.00. The second kappa shape index (κ2) is 4.91. The minimum atomic E-state index is -0.412. The SMILES string of the molecule is Cc1cc(Cl)ccc1C1CC(=O)c2ccc(F)cc2O1. The summed E-state index contributed by atoms with van der Waals surface area (Å²) in [7, 11) is 0. The smallest absolute Gasteiger partial charge is 0.170 e. The molecule has 0 aromatic heterocycles. The van der Waals surface area contributed by atoms with Crippen molar-refractivity contribution in [1.29, 1.82) is 0 Å². The maximum absolute atomic E-state index is 13.3. The van der Waals surface area contributed by atoms with E-state index in [0.29, 0.717) is 16.3 Å². The number of hydrogen-bond donors (Lipinski definition) is 0. The van der Waals surface area contributed by atoms with E-state index in [2.05, 4.69) is 0 Å². The molecule has 102 valence electrons. The van der Waals surface area contributed by atoms with Gasteiger partial charge in [0.1, 0.15) is 17.7 Å². The fourth-order valence-corrected chi connectivity index (χ4v) is 2.70. The van der Waals surface area contributed by atoms with Gasteiger partial charge in [0.15, 0.2) is 5.78 Å². The number of carbonyl (C=O) groups excluding carboxylic acids is 1. The topological polar surface area (TPSA) is 26.3 Å². The number of halogens is 2. The molecule has 0 bridgehead atoms. The van der Waals surface area contributed by atoms with Crippen LogP contribution in [0.15, 0.2) is 36.4 Å². The molecule has 0 fully saturated rings. The average Bonchev–Trinajstić information content (AvgIpc) is 2.37. The van der Waals surface area contributed by atoms with Crippen LogP contribution in [0.5, 0.6) is 5.75 Å². The zero-order chi connectivity index (χ0) is 14.3. The van der Waals surface area contributed by atoms with Crippen molar-refractivity contribution < 1.29 is 13.9 Å². The summed E-state index contributed by atoms with van der Waals surface area (Å²) in [5, 5.41) is 0.639. The Labute approximate surface area is 121 Å². The van der Waals surface area contributed by atoms with Crippen molar-refractivity contribution in [2.75, 3.05) is 0 Å². The monoisotopic (exact) mass is 290 g/mol. The zero-order valence-electron chi connectivity index (χ0n) is 10.8. The Kier molecular flexibility index (Phi) is 3.22. The Morgan fingerprint density at radius 2 is 2.05 bits per heavy atom. The molecular formula is C16H12ClFO2. The quantitative estimate of drug-likeness (QED) is 0.773. The molecule has 1 aliphatic heterocycles. The van der Waals surface area contributed by atoms with Crippen molar-refractivity contribution in [3.8, 4) is 5.75 Å². The Hall–Kier alpha value is -1.87. The van der Waals surface area contributed by atoms with E-state index in [1.807, 2.05) is 19.1 Å². The van der Waals surface area contributed by atoms with Gasteiger partial charge in [0, 0.05) is 11.1 Å². The van der Waals surface area contributed by atoms with Crippen molar-refractivity contribution >= 4 is 17.4 Å². The molecule has 0 saturated carbocycles. The van der Waals surface area contributed by atoms with E-state index >= 15 is 0 Å². The highest BCUT2D eigenvalue weighted by Gasteiger charge is 2.28. The Morgan fingerprint density at radius 3 is 2.80 bits per heavy atom. The maximum atomic E-state index is 13.3. The highest BCUT2D eigenvalue weighted by atomic mass is 35.5. The lowest BCUT2D eigenvalue weighted by Crippen LogP contribution is -2.21. The first-order chi connectivity index (χ1) is 9.54. The van der Waals surface area contributed by atoms with Crippen molar-refractivity contribution in [3.63, 3.8) is 0 Å². The zero-order valence-corrected chi connectivity index (χ0v) is 11.6. The number of aryl methyl sites for hydroxylation is 1. The van der Waals surface area contributed by atoms with Crippen LogP contribution < -0.4 is 4.74 Å². The van der Waals surface area contributed by atoms with E-state index in [4.69, 9.17) is 16.3 Å². The van der Waals surface area contributed by atoms with Gasteiger partial charge in [-0.2, -0.15) is 0 Å². The highest BCUT2D eigenvalue weighted by Crippen LogP contribution is 2.36. The fraction of sp³-hybridized carbons (Fsp3) is 0.188. The van der Waals surface area contributed by atoms with E-state index in [9.17, 15) is 9.18 Å². The number of rotatable bonds is 1. The first kappa shape index (κ1) is 13.1. The minimum Gasteiger partial charge on any atom is -0.484 e. The molecular weight excluding hydrogens is 279 g/mol. The third-order valence-electron chi connectivity index (χ3n) is 3.46. The second-order valence-electron chi connectivity index (χ2n) is 4.88. The lowest BCUT2D eigenvalue weighted by molar-refractivity contribution is 0.0848. The van der Waals surface area contributed by atoms with Crippen LogP contribution in [-0.4, -0.2) is 5.78 Å². The molecule has 2 aromatic rings. The van der Waals surface area contributed by atoms with Gasteiger partial charge in [-0.3, -0.25) is 4.79 Å². The molecule has 2 nitrogen and oxygen atoms in total. The summed E-state index contributed by atoms with van der Waals surface area (Å²) >= 11 is 5.93. The minimum absolute atomic E-state index is 0.0365. The van der Waals surface area contributed by atoms with Crippen LogP contribution >= 0.6 is 11.6 Å². The van der Waals surface area contributed by atoms with Gasteiger partial charge in [0.25, 0.3) is 0 Å². The summed E-state index contributed by atoms with van der Waals surface area (Å²) in [6.45, 7) is 1.91. The van der Waals surface area contributed by atoms with Crippen LogP contribution in [0.1, 0.15) is 34.0 Å². The first-order valence-electron chi connectivity index (χ1n) is 6.30. The van der Waals surface area contributed by atoms with Gasteiger partial charge in [-0.1, -0.05) is 17.7 Å². The molecule has 1 atom stereocenters. The van der Waals surface area contributed by atoms with Crippen molar-refractivity contribution in [2.45, 2.75) is 19.4 Å². The molecule has 0 amide bonds. The first-order valence-corrected chi connectivity index (χ1v) is 6.68. The van der Waals surface area contributed by atoms with Crippen LogP contribution in [0.3, 0.4) is 0 Å². The summed E-state index contributed by atoms with van der Waals surface area (Å²) in [5.74, 6) is -0.142. The molecule has 0 radical (unpaired) electrons. The predicted octanol–water partition coefficient (Wildman–Crippen LogP) is 4.49. The van der Waals surface area contributed by atoms with Crippen molar-refractivity contribution in [2.24, 2.45) is 0 Å².